The molecule has 1 fully saturated rings. The van der Waals surface area contributed by atoms with Gasteiger partial charge in [0, 0.05) is 41.2 Å². The van der Waals surface area contributed by atoms with Crippen molar-refractivity contribution in [3.8, 4) is 11.3 Å². The fourth-order valence-corrected chi connectivity index (χ4v) is 5.67. The van der Waals surface area contributed by atoms with E-state index in [4.69, 9.17) is 0 Å². The lowest BCUT2D eigenvalue weighted by atomic mass is 10.1. The van der Waals surface area contributed by atoms with Crippen LogP contribution in [0.3, 0.4) is 0 Å². The summed E-state index contributed by atoms with van der Waals surface area (Å²) in [5.41, 5.74) is 6.57. The first-order valence-corrected chi connectivity index (χ1v) is 13.9. The first-order valence-electron chi connectivity index (χ1n) is 11.6. The number of hydrogen-bond donors (Lipinski definition) is 3. The summed E-state index contributed by atoms with van der Waals surface area (Å²) >= 11 is 0. The summed E-state index contributed by atoms with van der Waals surface area (Å²) in [6.07, 6.45) is 4.35. The van der Waals surface area contributed by atoms with Crippen LogP contribution in [0.1, 0.15) is 12.8 Å². The number of hydrogen-bond acceptors (Lipinski definition) is 4. The first kappa shape index (κ1) is 21.9. The van der Waals surface area contributed by atoms with Crippen LogP contribution in [0.25, 0.3) is 22.3 Å². The molecule has 0 radical (unpaired) electrons. The predicted octanol–water partition coefficient (Wildman–Crippen LogP) is 5.85. The molecule has 4 aromatic rings. The van der Waals surface area contributed by atoms with Crippen molar-refractivity contribution in [3.05, 3.63) is 66.9 Å². The van der Waals surface area contributed by atoms with Gasteiger partial charge in [-0.2, -0.15) is 0 Å². The maximum atomic E-state index is 4.58. The third kappa shape index (κ3) is 4.90. The Labute approximate surface area is 197 Å². The Morgan fingerprint density at radius 3 is 2.64 bits per heavy atom. The number of piperidine rings is 1. The summed E-state index contributed by atoms with van der Waals surface area (Å²) in [6.45, 7) is 6.88. The van der Waals surface area contributed by atoms with E-state index >= 15 is 0 Å². The Morgan fingerprint density at radius 2 is 1.85 bits per heavy atom. The minimum absolute atomic E-state index is 0.194. The maximum absolute atomic E-state index is 4.58. The van der Waals surface area contributed by atoms with Crippen LogP contribution in [0.5, 0.6) is 0 Å². The monoisotopic (exact) mass is 457 g/mol. The van der Waals surface area contributed by atoms with Crippen molar-refractivity contribution in [2.24, 2.45) is 0 Å². The zero-order valence-electron chi connectivity index (χ0n) is 19.6. The SMILES string of the molecule is CN1CCCC(Nc2ccc(-c3cc4c(Nc5ccccc5P(C)C)ccnc4[nH]3)cc2)C1. The number of H-pyrrole nitrogens is 1. The smallest absolute Gasteiger partial charge is 0.139 e. The quantitative estimate of drug-likeness (QED) is 0.318. The first-order chi connectivity index (χ1) is 16.1. The average Bonchev–Trinajstić information content (AvgIpc) is 3.25. The molecular formula is C27H32N5P. The number of benzene rings is 2. The third-order valence-electron chi connectivity index (χ3n) is 6.38. The minimum Gasteiger partial charge on any atom is -0.381 e. The molecule has 2 aromatic carbocycles. The van der Waals surface area contributed by atoms with Crippen molar-refractivity contribution in [2.45, 2.75) is 18.9 Å². The van der Waals surface area contributed by atoms with Gasteiger partial charge in [-0.3, -0.25) is 0 Å². The number of nitrogens with one attached hydrogen (secondary N) is 3. The molecule has 3 N–H and O–H groups in total. The number of anilines is 3. The van der Waals surface area contributed by atoms with Gasteiger partial charge in [-0.1, -0.05) is 38.3 Å². The van der Waals surface area contributed by atoms with Crippen LogP contribution < -0.4 is 15.9 Å². The van der Waals surface area contributed by atoms with Gasteiger partial charge in [0.25, 0.3) is 0 Å². The van der Waals surface area contributed by atoms with Crippen molar-refractivity contribution in [2.75, 3.05) is 44.1 Å². The van der Waals surface area contributed by atoms with Gasteiger partial charge in [-0.05, 0) is 81.0 Å². The Balaban J connectivity index is 1.38. The van der Waals surface area contributed by atoms with E-state index in [1.165, 1.54) is 36.1 Å². The van der Waals surface area contributed by atoms with Gasteiger partial charge in [0.2, 0.25) is 0 Å². The normalized spacial score (nSPS) is 16.9. The van der Waals surface area contributed by atoms with Crippen molar-refractivity contribution < 1.29 is 0 Å². The maximum Gasteiger partial charge on any atom is 0.139 e. The summed E-state index contributed by atoms with van der Waals surface area (Å²) in [7, 11) is 2.01. The summed E-state index contributed by atoms with van der Waals surface area (Å²) < 4.78 is 0. The molecule has 0 bridgehead atoms. The lowest BCUT2D eigenvalue weighted by Gasteiger charge is -2.30. The number of likely N-dealkylation sites (N-methyl/N-ethyl adjacent to an activating group) is 1. The highest BCUT2D eigenvalue weighted by atomic mass is 31.1. The van der Waals surface area contributed by atoms with Crippen LogP contribution in [0.15, 0.2) is 66.9 Å². The van der Waals surface area contributed by atoms with Crippen molar-refractivity contribution >= 4 is 41.3 Å². The molecule has 2 aromatic heterocycles. The van der Waals surface area contributed by atoms with Crippen LogP contribution in [0.4, 0.5) is 17.1 Å². The second-order valence-electron chi connectivity index (χ2n) is 9.16. The highest BCUT2D eigenvalue weighted by molar-refractivity contribution is 7.64. The van der Waals surface area contributed by atoms with E-state index < -0.39 is 0 Å². The summed E-state index contributed by atoms with van der Waals surface area (Å²) in [5, 5.41) is 9.84. The molecule has 1 aliphatic rings. The van der Waals surface area contributed by atoms with E-state index in [0.29, 0.717) is 6.04 Å². The number of likely N-dealkylation sites (tertiary alicyclic amines) is 1. The van der Waals surface area contributed by atoms with Gasteiger partial charge < -0.3 is 20.5 Å². The lowest BCUT2D eigenvalue weighted by Crippen LogP contribution is -2.39. The van der Waals surface area contributed by atoms with Gasteiger partial charge >= 0.3 is 0 Å². The molecule has 5 rings (SSSR count). The highest BCUT2D eigenvalue weighted by Gasteiger charge is 2.17. The van der Waals surface area contributed by atoms with Crippen LogP contribution in [-0.2, 0) is 0 Å². The number of nitrogens with zero attached hydrogens (tertiary/aromatic N) is 2. The molecule has 0 spiro atoms. The number of aromatic amines is 1. The molecule has 33 heavy (non-hydrogen) atoms. The zero-order valence-corrected chi connectivity index (χ0v) is 20.5. The highest BCUT2D eigenvalue weighted by Crippen LogP contribution is 2.33. The molecule has 0 amide bonds. The molecule has 1 saturated heterocycles. The van der Waals surface area contributed by atoms with Crippen molar-refractivity contribution in [1.82, 2.24) is 14.9 Å². The molecule has 6 heteroatoms. The number of aromatic nitrogens is 2. The molecule has 170 valence electrons. The topological polar surface area (TPSA) is 56.0 Å². The van der Waals surface area contributed by atoms with E-state index in [1.54, 1.807) is 0 Å². The second kappa shape index (κ2) is 9.54. The average molecular weight is 458 g/mol. The van der Waals surface area contributed by atoms with Gasteiger partial charge in [0.1, 0.15) is 5.65 Å². The van der Waals surface area contributed by atoms with Gasteiger partial charge in [-0.15, -0.1) is 0 Å². The van der Waals surface area contributed by atoms with Crippen LogP contribution in [0.2, 0.25) is 0 Å². The lowest BCUT2D eigenvalue weighted by molar-refractivity contribution is 0.261. The fraction of sp³-hybridized carbons (Fsp3) is 0.296. The van der Waals surface area contributed by atoms with E-state index in [0.717, 1.165) is 34.5 Å². The van der Waals surface area contributed by atoms with Crippen LogP contribution >= 0.6 is 7.92 Å². The van der Waals surface area contributed by atoms with Crippen molar-refractivity contribution in [3.63, 3.8) is 0 Å². The Kier molecular flexibility index (Phi) is 6.34. The Hall–Kier alpha value is -2.88. The van der Waals surface area contributed by atoms with Gasteiger partial charge in [-0.25, -0.2) is 4.98 Å². The molecule has 1 unspecified atom stereocenters. The molecule has 0 saturated carbocycles. The molecule has 3 heterocycles. The Morgan fingerprint density at radius 1 is 1.03 bits per heavy atom. The number of rotatable bonds is 6. The minimum atomic E-state index is -0.194. The third-order valence-corrected chi connectivity index (χ3v) is 7.73. The predicted molar refractivity (Wildman–Crippen MR) is 144 cm³/mol. The number of para-hydroxylation sites is 1. The summed E-state index contributed by atoms with van der Waals surface area (Å²) in [6, 6.07) is 22.1. The molecule has 0 aliphatic carbocycles. The standard InChI is InChI=1S/C27H32N5P/c1-32-16-6-7-21(18-32)29-20-12-10-19(11-13-20)25-17-22-23(14-15-28-27(22)31-25)30-24-8-4-5-9-26(24)33(2)3/h4-5,8-15,17,21,29H,6-7,16,18H2,1-3H3,(H2,28,30,31). The molecular weight excluding hydrogens is 425 g/mol. The van der Waals surface area contributed by atoms with Crippen molar-refractivity contribution in [1.29, 1.82) is 0 Å². The van der Waals surface area contributed by atoms with Crippen LogP contribution in [0, 0.1) is 0 Å². The molecule has 5 nitrogen and oxygen atoms in total. The largest absolute Gasteiger partial charge is 0.381 e. The van der Waals surface area contributed by atoms with E-state index in [-0.39, 0.29) is 7.92 Å². The zero-order chi connectivity index (χ0) is 22.8. The van der Waals surface area contributed by atoms with E-state index in [9.17, 15) is 0 Å². The summed E-state index contributed by atoms with van der Waals surface area (Å²) in [4.78, 5) is 10.5. The number of fused-ring (bicyclic) bond motifs is 1. The van der Waals surface area contributed by atoms with E-state index in [1.807, 2.05) is 6.20 Å². The van der Waals surface area contributed by atoms with Gasteiger partial charge in [0.15, 0.2) is 0 Å². The van der Waals surface area contributed by atoms with Crippen LogP contribution in [-0.4, -0.2) is 54.4 Å². The number of pyridine rings is 1. The van der Waals surface area contributed by atoms with E-state index in [2.05, 4.69) is 107 Å². The fourth-order valence-electron chi connectivity index (χ4n) is 4.67. The van der Waals surface area contributed by atoms with Gasteiger partial charge in [0.05, 0.1) is 5.69 Å². The molecule has 1 aliphatic heterocycles. The summed E-state index contributed by atoms with van der Waals surface area (Å²) in [5.74, 6) is 0. The Bertz CT molecular complexity index is 1230. The second-order valence-corrected chi connectivity index (χ2v) is 11.4. The molecule has 1 atom stereocenters.